The summed E-state index contributed by atoms with van der Waals surface area (Å²) < 4.78 is 0.939. The van der Waals surface area contributed by atoms with Gasteiger partial charge in [0.15, 0.2) is 5.78 Å². The summed E-state index contributed by atoms with van der Waals surface area (Å²) in [6, 6.07) is 25.1. The first-order valence-corrected chi connectivity index (χ1v) is 12.2. The van der Waals surface area contributed by atoms with Gasteiger partial charge in [0.25, 0.3) is 0 Å². The number of nitrogens with one attached hydrogen (secondary N) is 1. The summed E-state index contributed by atoms with van der Waals surface area (Å²) in [6.07, 6.45) is 1.94. The highest BCUT2D eigenvalue weighted by molar-refractivity contribution is 9.10. The van der Waals surface area contributed by atoms with Gasteiger partial charge in [-0.2, -0.15) is 0 Å². The average Bonchev–Trinajstić information content (AvgIpc) is 2.85. The predicted molar refractivity (Wildman–Crippen MR) is 140 cm³/mol. The van der Waals surface area contributed by atoms with Gasteiger partial charge in [0.2, 0.25) is 0 Å². The Morgan fingerprint density at radius 2 is 1.65 bits per heavy atom. The number of hydrogen-bond acceptors (Lipinski definition) is 3. The number of aliphatic hydroxyl groups excluding tert-OH is 1. The number of carbonyl (C=O) groups excluding carboxylic acids is 1. The summed E-state index contributed by atoms with van der Waals surface area (Å²) in [7, 11) is 0. The van der Waals surface area contributed by atoms with E-state index in [1.807, 2.05) is 90.7 Å². The lowest BCUT2D eigenvalue weighted by atomic mass is 9.73. The quantitative estimate of drug-likeness (QED) is 0.361. The third-order valence-electron chi connectivity index (χ3n) is 6.55. The molecule has 0 aromatic heterocycles. The summed E-state index contributed by atoms with van der Waals surface area (Å²) in [6.45, 7) is 2.00. The van der Waals surface area contributed by atoms with Crippen molar-refractivity contribution in [3.63, 3.8) is 0 Å². The molecule has 0 fully saturated rings. The van der Waals surface area contributed by atoms with Crippen LogP contribution in [0.15, 0.2) is 100 Å². The molecule has 1 aliphatic heterocycles. The monoisotopic (exact) mass is 512 g/mol. The van der Waals surface area contributed by atoms with Crippen LogP contribution in [0.1, 0.15) is 41.9 Å². The molecule has 0 amide bonds. The minimum atomic E-state index is -0.496. The van der Waals surface area contributed by atoms with E-state index in [0.29, 0.717) is 29.6 Å². The number of anilines is 1. The Hall–Kier alpha value is -3.44. The second-order valence-corrected chi connectivity index (χ2v) is 9.69. The van der Waals surface area contributed by atoms with Crippen LogP contribution in [0.4, 0.5) is 5.69 Å². The van der Waals surface area contributed by atoms with Crippen molar-refractivity contribution in [1.29, 1.82) is 5.41 Å². The van der Waals surface area contributed by atoms with E-state index >= 15 is 0 Å². The number of Topliss-reactive ketones (excluding diaryl/α,β-unsaturated/α-hetero) is 1. The maximum Gasteiger partial charge on any atom is 0.161 e. The Kier molecular flexibility index (Phi) is 5.96. The molecule has 4 nitrogen and oxygen atoms in total. The fraction of sp³-hybridized carbons (Fsp3) is 0.172. The van der Waals surface area contributed by atoms with Crippen LogP contribution in [0, 0.1) is 12.3 Å². The molecule has 1 atom stereocenters. The van der Waals surface area contributed by atoms with Gasteiger partial charge in [0.05, 0.1) is 0 Å². The van der Waals surface area contributed by atoms with Gasteiger partial charge in [-0.25, -0.2) is 0 Å². The van der Waals surface area contributed by atoms with Crippen LogP contribution in [0.25, 0.3) is 5.76 Å². The molecule has 2 aliphatic rings. The lowest BCUT2D eigenvalue weighted by Gasteiger charge is -2.41. The van der Waals surface area contributed by atoms with Crippen LogP contribution < -0.4 is 4.90 Å². The van der Waals surface area contributed by atoms with Gasteiger partial charge in [0, 0.05) is 44.9 Å². The average molecular weight is 513 g/mol. The minimum Gasteiger partial charge on any atom is -0.507 e. The largest absolute Gasteiger partial charge is 0.507 e. The molecule has 1 heterocycles. The van der Waals surface area contributed by atoms with Gasteiger partial charge in [-0.05, 0) is 49.6 Å². The lowest BCUT2D eigenvalue weighted by molar-refractivity contribution is -0.116. The summed E-state index contributed by atoms with van der Waals surface area (Å²) in [5.74, 6) is -0.183. The topological polar surface area (TPSA) is 64.4 Å². The number of allylic oxidation sites excluding steroid dienone is 2. The number of aryl methyl sites for hydroxylation is 1. The van der Waals surface area contributed by atoms with Crippen LogP contribution in [-0.4, -0.2) is 16.7 Å². The molecule has 0 saturated carbocycles. The molecule has 0 spiro atoms. The highest BCUT2D eigenvalue weighted by Gasteiger charge is 2.43. The van der Waals surface area contributed by atoms with E-state index in [2.05, 4.69) is 15.9 Å². The summed E-state index contributed by atoms with van der Waals surface area (Å²) in [5.41, 5.74) is 5.42. The molecule has 34 heavy (non-hydrogen) atoms. The summed E-state index contributed by atoms with van der Waals surface area (Å²) >= 11 is 3.49. The Morgan fingerprint density at radius 3 is 2.32 bits per heavy atom. The van der Waals surface area contributed by atoms with Gasteiger partial charge < -0.3 is 5.11 Å². The van der Waals surface area contributed by atoms with Crippen molar-refractivity contribution >= 4 is 39.0 Å². The van der Waals surface area contributed by atoms with E-state index in [1.165, 1.54) is 0 Å². The number of carbonyl (C=O) groups is 1. The van der Waals surface area contributed by atoms with Crippen molar-refractivity contribution in [2.24, 2.45) is 0 Å². The summed E-state index contributed by atoms with van der Waals surface area (Å²) in [5, 5.41) is 20.9. The van der Waals surface area contributed by atoms with E-state index in [0.717, 1.165) is 33.4 Å². The van der Waals surface area contributed by atoms with Crippen LogP contribution in [-0.2, 0) is 4.79 Å². The molecule has 3 aromatic rings. The Morgan fingerprint density at radius 1 is 0.971 bits per heavy atom. The highest BCUT2D eigenvalue weighted by atomic mass is 79.9. The molecular weight excluding hydrogens is 488 g/mol. The first-order chi connectivity index (χ1) is 16.5. The molecule has 1 unspecified atom stereocenters. The molecule has 0 bridgehead atoms. The second-order valence-electron chi connectivity index (χ2n) is 8.77. The van der Waals surface area contributed by atoms with E-state index in [1.54, 1.807) is 0 Å². The number of nitrogens with zero attached hydrogens (tertiary/aromatic N) is 1. The number of ketones is 1. The number of rotatable bonds is 3. The minimum absolute atomic E-state index is 0.0332. The van der Waals surface area contributed by atoms with Gasteiger partial charge >= 0.3 is 0 Å². The predicted octanol–water partition coefficient (Wildman–Crippen LogP) is 7.31. The van der Waals surface area contributed by atoms with Crippen LogP contribution in [0.2, 0.25) is 0 Å². The van der Waals surface area contributed by atoms with Crippen molar-refractivity contribution in [2.45, 2.75) is 32.1 Å². The van der Waals surface area contributed by atoms with Gasteiger partial charge in [-0.15, -0.1) is 0 Å². The van der Waals surface area contributed by atoms with E-state index < -0.39 is 5.92 Å². The first kappa shape index (κ1) is 22.4. The first-order valence-electron chi connectivity index (χ1n) is 11.4. The van der Waals surface area contributed by atoms with E-state index in [4.69, 9.17) is 0 Å². The van der Waals surface area contributed by atoms with Crippen LogP contribution in [0.5, 0.6) is 0 Å². The molecule has 170 valence electrons. The van der Waals surface area contributed by atoms with Gasteiger partial charge in [-0.1, -0.05) is 76.1 Å². The number of amidine groups is 1. The molecule has 5 rings (SSSR count). The molecule has 2 N–H and O–H groups in total. The molecule has 0 radical (unpaired) electrons. The van der Waals surface area contributed by atoms with Crippen molar-refractivity contribution in [3.8, 4) is 0 Å². The fourth-order valence-electron chi connectivity index (χ4n) is 4.91. The maximum absolute atomic E-state index is 13.4. The maximum atomic E-state index is 13.4. The van der Waals surface area contributed by atoms with Gasteiger partial charge in [0.1, 0.15) is 11.6 Å². The Labute approximate surface area is 207 Å². The van der Waals surface area contributed by atoms with E-state index in [9.17, 15) is 15.3 Å². The number of hydrogen-bond donors (Lipinski definition) is 2. The number of aliphatic hydroxyl groups is 1. The number of benzene rings is 3. The second kappa shape index (κ2) is 9.07. The zero-order valence-electron chi connectivity index (χ0n) is 18.9. The zero-order chi connectivity index (χ0) is 23.8. The lowest BCUT2D eigenvalue weighted by Crippen LogP contribution is -2.42. The summed E-state index contributed by atoms with van der Waals surface area (Å²) in [4.78, 5) is 15.3. The zero-order valence-corrected chi connectivity index (χ0v) is 20.5. The molecular formula is C29H25BrN2O2. The molecule has 5 heteroatoms. The SMILES string of the molecule is Cc1ccc(/C(O)=C2\C(=N)N(c3ccc(Br)cc3)C3=C(C(=O)CCC3)C2c2ccccc2)cc1. The molecule has 0 saturated heterocycles. The normalized spacial score (nSPS) is 19.8. The highest BCUT2D eigenvalue weighted by Crippen LogP contribution is 2.47. The van der Waals surface area contributed by atoms with Gasteiger partial charge in [-0.3, -0.25) is 15.1 Å². The van der Waals surface area contributed by atoms with Crippen molar-refractivity contribution in [1.82, 2.24) is 0 Å². The Bertz CT molecular complexity index is 1320. The number of halogens is 1. The third kappa shape index (κ3) is 3.90. The van der Waals surface area contributed by atoms with Crippen molar-refractivity contribution < 1.29 is 9.90 Å². The van der Waals surface area contributed by atoms with Crippen LogP contribution in [0.3, 0.4) is 0 Å². The van der Waals surface area contributed by atoms with Crippen molar-refractivity contribution in [3.05, 3.63) is 117 Å². The molecule has 3 aromatic carbocycles. The van der Waals surface area contributed by atoms with Crippen LogP contribution >= 0.6 is 15.9 Å². The fourth-order valence-corrected chi connectivity index (χ4v) is 5.18. The van der Waals surface area contributed by atoms with Crippen molar-refractivity contribution in [2.75, 3.05) is 4.90 Å². The standard InChI is InChI=1S/C29H25BrN2O2/c1-18-10-12-20(13-11-18)28(34)27-25(19-6-3-2-4-7-19)26-23(8-5-9-24(26)33)32(29(27)31)22-16-14-21(30)15-17-22/h2-4,6-7,10-17,25,31,34H,5,8-9H2,1H3/b28-27+,31-29?. The van der Waals surface area contributed by atoms with E-state index in [-0.39, 0.29) is 17.4 Å². The third-order valence-corrected chi connectivity index (χ3v) is 7.08. The molecule has 1 aliphatic carbocycles. The smallest absolute Gasteiger partial charge is 0.161 e. The Balaban J connectivity index is 1.81.